The summed E-state index contributed by atoms with van der Waals surface area (Å²) in [6.07, 6.45) is 2.48. The molecular formula is C19H29N3O2. The van der Waals surface area contributed by atoms with E-state index in [1.54, 1.807) is 19.0 Å². The monoisotopic (exact) mass is 331 g/mol. The third kappa shape index (κ3) is 4.28. The average molecular weight is 331 g/mol. The zero-order chi connectivity index (χ0) is 17.7. The third-order valence-electron chi connectivity index (χ3n) is 4.88. The fraction of sp³-hybridized carbons (Fsp3) is 0.579. The minimum Gasteiger partial charge on any atom is -0.331 e. The summed E-state index contributed by atoms with van der Waals surface area (Å²) in [5.41, 5.74) is 2.11. The standard InChI is InChI=1S/C19H29N3O2/c1-5-14(2)16-8-6-7-9-17(16)20-18(23)15-10-12-22(13-11-15)19(24)21(3)4/h6-9,14-15H,5,10-13H2,1-4H3,(H,20,23). The lowest BCUT2D eigenvalue weighted by Gasteiger charge is -2.33. The van der Waals surface area contributed by atoms with Crippen molar-refractivity contribution in [1.29, 1.82) is 0 Å². The van der Waals surface area contributed by atoms with Crippen LogP contribution in [0.15, 0.2) is 24.3 Å². The normalized spacial score (nSPS) is 16.6. The minimum atomic E-state index is -0.0267. The number of nitrogens with zero attached hydrogens (tertiary/aromatic N) is 2. The first-order valence-corrected chi connectivity index (χ1v) is 8.80. The molecule has 3 amide bonds. The molecule has 1 atom stereocenters. The maximum Gasteiger partial charge on any atom is 0.319 e. The van der Waals surface area contributed by atoms with E-state index < -0.39 is 0 Å². The second-order valence-corrected chi connectivity index (χ2v) is 6.82. The molecule has 1 aromatic carbocycles. The predicted molar refractivity (Wildman–Crippen MR) is 97.2 cm³/mol. The molecule has 0 spiro atoms. The van der Waals surface area contributed by atoms with Crippen LogP contribution in [0.1, 0.15) is 44.6 Å². The summed E-state index contributed by atoms with van der Waals surface area (Å²) in [5.74, 6) is 0.463. The van der Waals surface area contributed by atoms with Crippen molar-refractivity contribution in [3.63, 3.8) is 0 Å². The Morgan fingerprint density at radius 2 is 1.88 bits per heavy atom. The van der Waals surface area contributed by atoms with Crippen LogP contribution in [0.3, 0.4) is 0 Å². The molecule has 0 aliphatic carbocycles. The minimum absolute atomic E-state index is 0.0241. The number of amides is 3. The van der Waals surface area contributed by atoms with Crippen LogP contribution in [0, 0.1) is 5.92 Å². The van der Waals surface area contributed by atoms with Crippen LogP contribution < -0.4 is 5.32 Å². The van der Waals surface area contributed by atoms with Crippen molar-refractivity contribution in [2.24, 2.45) is 5.92 Å². The number of likely N-dealkylation sites (tertiary alicyclic amines) is 1. The van der Waals surface area contributed by atoms with Crippen LogP contribution in [-0.4, -0.2) is 48.9 Å². The van der Waals surface area contributed by atoms with Crippen molar-refractivity contribution in [2.45, 2.75) is 39.0 Å². The van der Waals surface area contributed by atoms with E-state index in [4.69, 9.17) is 0 Å². The molecule has 2 rings (SSSR count). The molecule has 24 heavy (non-hydrogen) atoms. The zero-order valence-corrected chi connectivity index (χ0v) is 15.2. The Kier molecular flexibility index (Phi) is 6.23. The summed E-state index contributed by atoms with van der Waals surface area (Å²) in [5, 5.41) is 3.11. The number of carbonyl (C=O) groups is 2. The average Bonchev–Trinajstić information content (AvgIpc) is 2.60. The van der Waals surface area contributed by atoms with Gasteiger partial charge in [-0.15, -0.1) is 0 Å². The predicted octanol–water partition coefficient (Wildman–Crippen LogP) is 3.53. The van der Waals surface area contributed by atoms with Gasteiger partial charge in [-0.1, -0.05) is 32.0 Å². The first-order valence-electron chi connectivity index (χ1n) is 8.80. The largest absolute Gasteiger partial charge is 0.331 e. The van der Waals surface area contributed by atoms with Crippen molar-refractivity contribution in [2.75, 3.05) is 32.5 Å². The third-order valence-corrected chi connectivity index (χ3v) is 4.88. The molecule has 1 aliphatic rings. The van der Waals surface area contributed by atoms with E-state index in [1.807, 2.05) is 23.1 Å². The summed E-state index contributed by atoms with van der Waals surface area (Å²) < 4.78 is 0. The molecule has 1 aromatic rings. The molecule has 1 aliphatic heterocycles. The van der Waals surface area contributed by atoms with Gasteiger partial charge >= 0.3 is 6.03 Å². The highest BCUT2D eigenvalue weighted by Gasteiger charge is 2.28. The maximum atomic E-state index is 12.6. The Hall–Kier alpha value is -2.04. The van der Waals surface area contributed by atoms with Crippen LogP contribution in [0.25, 0.3) is 0 Å². The summed E-state index contributed by atoms with van der Waals surface area (Å²) in [4.78, 5) is 28.0. The number of nitrogens with one attached hydrogen (secondary N) is 1. The van der Waals surface area contributed by atoms with Crippen molar-refractivity contribution < 1.29 is 9.59 Å². The Morgan fingerprint density at radius 1 is 1.25 bits per heavy atom. The smallest absolute Gasteiger partial charge is 0.319 e. The Labute approximate surface area is 145 Å². The highest BCUT2D eigenvalue weighted by Crippen LogP contribution is 2.28. The van der Waals surface area contributed by atoms with Crippen LogP contribution in [-0.2, 0) is 4.79 Å². The number of carbonyl (C=O) groups excluding carboxylic acids is 2. The van der Waals surface area contributed by atoms with Gasteiger partial charge in [-0.05, 0) is 36.8 Å². The first-order chi connectivity index (χ1) is 11.4. The van der Waals surface area contributed by atoms with Gasteiger partial charge in [-0.2, -0.15) is 0 Å². The Balaban J connectivity index is 1.96. The van der Waals surface area contributed by atoms with E-state index >= 15 is 0 Å². The van der Waals surface area contributed by atoms with Gasteiger partial charge in [-0.3, -0.25) is 4.79 Å². The summed E-state index contributed by atoms with van der Waals surface area (Å²) in [6, 6.07) is 8.06. The lowest BCUT2D eigenvalue weighted by atomic mass is 9.94. The highest BCUT2D eigenvalue weighted by atomic mass is 16.2. The highest BCUT2D eigenvalue weighted by molar-refractivity contribution is 5.93. The lowest BCUT2D eigenvalue weighted by molar-refractivity contribution is -0.121. The van der Waals surface area contributed by atoms with Crippen LogP contribution in [0.5, 0.6) is 0 Å². The van der Waals surface area contributed by atoms with Gasteiger partial charge < -0.3 is 15.1 Å². The van der Waals surface area contributed by atoms with Crippen molar-refractivity contribution >= 4 is 17.6 Å². The molecule has 1 heterocycles. The number of benzene rings is 1. The Bertz CT molecular complexity index is 578. The summed E-state index contributed by atoms with van der Waals surface area (Å²) in [6.45, 7) is 5.61. The van der Waals surface area contributed by atoms with Gasteiger partial charge in [0.2, 0.25) is 5.91 Å². The van der Waals surface area contributed by atoms with Gasteiger partial charge in [0.15, 0.2) is 0 Å². The molecule has 5 heteroatoms. The number of para-hydroxylation sites is 1. The van der Waals surface area contributed by atoms with Crippen molar-refractivity contribution in [3.05, 3.63) is 29.8 Å². The number of anilines is 1. The molecule has 1 N–H and O–H groups in total. The molecule has 1 saturated heterocycles. The molecule has 0 saturated carbocycles. The quantitative estimate of drug-likeness (QED) is 0.917. The van der Waals surface area contributed by atoms with E-state index in [2.05, 4.69) is 25.2 Å². The number of piperidine rings is 1. The second-order valence-electron chi connectivity index (χ2n) is 6.82. The summed E-state index contributed by atoms with van der Waals surface area (Å²) >= 11 is 0. The van der Waals surface area contributed by atoms with Gasteiger partial charge in [-0.25, -0.2) is 4.79 Å². The second kappa shape index (κ2) is 8.18. The van der Waals surface area contributed by atoms with Crippen LogP contribution in [0.2, 0.25) is 0 Å². The number of hydrogen-bond donors (Lipinski definition) is 1. The van der Waals surface area contributed by atoms with Crippen LogP contribution >= 0.6 is 0 Å². The lowest BCUT2D eigenvalue weighted by Crippen LogP contribution is -2.45. The van der Waals surface area contributed by atoms with Gasteiger partial charge in [0.1, 0.15) is 0 Å². The molecule has 0 aromatic heterocycles. The number of urea groups is 1. The Morgan fingerprint density at radius 3 is 2.46 bits per heavy atom. The van der Waals surface area contributed by atoms with Crippen LogP contribution in [0.4, 0.5) is 10.5 Å². The van der Waals surface area contributed by atoms with Crippen molar-refractivity contribution in [1.82, 2.24) is 9.80 Å². The van der Waals surface area contributed by atoms with Gasteiger partial charge in [0.05, 0.1) is 0 Å². The SMILES string of the molecule is CCC(C)c1ccccc1NC(=O)C1CCN(C(=O)N(C)C)CC1. The van der Waals surface area contributed by atoms with E-state index in [0.717, 1.165) is 24.9 Å². The molecule has 1 fully saturated rings. The molecule has 132 valence electrons. The summed E-state index contributed by atoms with van der Waals surface area (Å²) in [7, 11) is 3.51. The zero-order valence-electron chi connectivity index (χ0n) is 15.2. The van der Waals surface area contributed by atoms with E-state index in [-0.39, 0.29) is 17.9 Å². The van der Waals surface area contributed by atoms with Crippen molar-refractivity contribution in [3.8, 4) is 0 Å². The number of rotatable bonds is 4. The topological polar surface area (TPSA) is 52.7 Å². The van der Waals surface area contributed by atoms with E-state index in [0.29, 0.717) is 19.0 Å². The fourth-order valence-electron chi connectivity index (χ4n) is 3.11. The molecule has 0 bridgehead atoms. The fourth-order valence-corrected chi connectivity index (χ4v) is 3.11. The van der Waals surface area contributed by atoms with Gasteiger partial charge in [0.25, 0.3) is 0 Å². The first kappa shape index (κ1) is 18.3. The van der Waals surface area contributed by atoms with Gasteiger partial charge in [0, 0.05) is 38.8 Å². The molecule has 0 radical (unpaired) electrons. The molecule has 1 unspecified atom stereocenters. The maximum absolute atomic E-state index is 12.6. The van der Waals surface area contributed by atoms with E-state index in [9.17, 15) is 9.59 Å². The molecular weight excluding hydrogens is 302 g/mol. The van der Waals surface area contributed by atoms with E-state index in [1.165, 1.54) is 5.56 Å². The number of hydrogen-bond acceptors (Lipinski definition) is 2. The molecule has 5 nitrogen and oxygen atoms in total.